The molecule has 2 aromatic rings. The van der Waals surface area contributed by atoms with Gasteiger partial charge in [0.05, 0.1) is 34.6 Å². The molecule has 0 radical (unpaired) electrons. The van der Waals surface area contributed by atoms with Gasteiger partial charge in [0.25, 0.3) is 0 Å². The topological polar surface area (TPSA) is 117 Å². The molecule has 0 amide bonds. The first-order valence-corrected chi connectivity index (χ1v) is 7.59. The molecule has 6 nitrogen and oxygen atoms in total. The van der Waals surface area contributed by atoms with E-state index in [1.54, 1.807) is 36.4 Å². The molecule has 0 saturated carbocycles. The lowest BCUT2D eigenvalue weighted by molar-refractivity contribution is 0.383. The van der Waals surface area contributed by atoms with E-state index in [1.165, 1.54) is 0 Å². The molecule has 2 aromatic carbocycles. The van der Waals surface area contributed by atoms with Crippen molar-refractivity contribution in [2.75, 3.05) is 22.1 Å². The molecule has 0 heterocycles. The quantitative estimate of drug-likeness (QED) is 0.480. The van der Waals surface area contributed by atoms with Crippen LogP contribution in [0.15, 0.2) is 60.4 Å². The number of aliphatic hydroxyl groups is 1. The van der Waals surface area contributed by atoms with Gasteiger partial charge in [-0.15, -0.1) is 0 Å². The van der Waals surface area contributed by atoms with Crippen LogP contribution in [-0.2, 0) is 0 Å². The van der Waals surface area contributed by atoms with Gasteiger partial charge in [0, 0.05) is 18.2 Å². The Labute approximate surface area is 140 Å². The van der Waals surface area contributed by atoms with Crippen molar-refractivity contribution < 1.29 is 10.2 Å². The van der Waals surface area contributed by atoms with Crippen molar-refractivity contribution in [1.29, 1.82) is 0 Å². The molecule has 6 heteroatoms. The highest BCUT2D eigenvalue weighted by molar-refractivity contribution is 5.84. The highest BCUT2D eigenvalue weighted by Gasteiger charge is 2.13. The van der Waals surface area contributed by atoms with Gasteiger partial charge in [0.15, 0.2) is 0 Å². The van der Waals surface area contributed by atoms with Gasteiger partial charge in [0.2, 0.25) is 0 Å². The van der Waals surface area contributed by atoms with Crippen LogP contribution in [0.25, 0.3) is 0 Å². The van der Waals surface area contributed by atoms with Crippen molar-refractivity contribution in [2.45, 2.75) is 12.5 Å². The van der Waals surface area contributed by atoms with Gasteiger partial charge >= 0.3 is 0 Å². The summed E-state index contributed by atoms with van der Waals surface area (Å²) in [7, 11) is 0. The Bertz CT molecular complexity index is 815. The summed E-state index contributed by atoms with van der Waals surface area (Å²) in [5.41, 5.74) is 15.2. The molecular weight excluding hydrogens is 304 g/mol. The van der Waals surface area contributed by atoms with Gasteiger partial charge in [-0.3, -0.25) is 0 Å². The zero-order valence-corrected chi connectivity index (χ0v) is 13.0. The van der Waals surface area contributed by atoms with E-state index in [1.807, 2.05) is 18.2 Å². The van der Waals surface area contributed by atoms with Gasteiger partial charge < -0.3 is 32.3 Å². The lowest BCUT2D eigenvalue weighted by Crippen LogP contribution is -2.20. The largest absolute Gasteiger partial charge is 0.512 e. The molecule has 0 aliphatic heterocycles. The standard InChI is InChI=1S/C18H20N4O2/c19-15-9-16(20)18(22-12-4-2-6-14(24)8-12)10-17(15)21-11-3-1-5-13(23)7-11/h1-7,9-10,12,21-24H,8,19-20H2. The molecule has 1 unspecified atom stereocenters. The Morgan fingerprint density at radius 3 is 2.54 bits per heavy atom. The lowest BCUT2D eigenvalue weighted by atomic mass is 10.1. The van der Waals surface area contributed by atoms with Crippen LogP contribution < -0.4 is 22.1 Å². The van der Waals surface area contributed by atoms with E-state index < -0.39 is 0 Å². The van der Waals surface area contributed by atoms with E-state index in [9.17, 15) is 10.2 Å². The van der Waals surface area contributed by atoms with Crippen LogP contribution in [0.1, 0.15) is 6.42 Å². The summed E-state index contributed by atoms with van der Waals surface area (Å²) in [6, 6.07) is 10.2. The number of hydrogen-bond donors (Lipinski definition) is 6. The second-order valence-electron chi connectivity index (χ2n) is 5.70. The number of allylic oxidation sites excluding steroid dienone is 2. The molecule has 0 saturated heterocycles. The number of aromatic hydroxyl groups is 1. The number of nitrogens with two attached hydrogens (primary N) is 2. The molecule has 3 rings (SSSR count). The molecule has 1 aliphatic rings. The Balaban J connectivity index is 1.83. The summed E-state index contributed by atoms with van der Waals surface area (Å²) in [4.78, 5) is 0. The first-order chi connectivity index (χ1) is 11.5. The molecule has 1 aliphatic carbocycles. The Morgan fingerprint density at radius 1 is 1.00 bits per heavy atom. The van der Waals surface area contributed by atoms with Crippen LogP contribution in [-0.4, -0.2) is 16.3 Å². The molecular formula is C18H20N4O2. The summed E-state index contributed by atoms with van der Waals surface area (Å²) < 4.78 is 0. The highest BCUT2D eigenvalue weighted by Crippen LogP contribution is 2.33. The Kier molecular flexibility index (Phi) is 4.20. The van der Waals surface area contributed by atoms with Crippen molar-refractivity contribution in [1.82, 2.24) is 0 Å². The average Bonchev–Trinajstić information content (AvgIpc) is 2.52. The van der Waals surface area contributed by atoms with Crippen LogP contribution in [0.4, 0.5) is 28.4 Å². The third-order valence-corrected chi connectivity index (χ3v) is 3.75. The molecule has 24 heavy (non-hydrogen) atoms. The maximum absolute atomic E-state index is 9.63. The van der Waals surface area contributed by atoms with Crippen molar-refractivity contribution in [2.24, 2.45) is 0 Å². The number of aliphatic hydroxyl groups excluding tert-OH is 1. The number of rotatable bonds is 4. The number of hydrogen-bond acceptors (Lipinski definition) is 6. The van der Waals surface area contributed by atoms with Gasteiger partial charge in [-0.25, -0.2) is 0 Å². The molecule has 8 N–H and O–H groups in total. The molecule has 1 atom stereocenters. The Hall–Kier alpha value is -3.28. The first kappa shape index (κ1) is 15.6. The molecule has 0 aromatic heterocycles. The zero-order chi connectivity index (χ0) is 17.1. The van der Waals surface area contributed by atoms with Crippen molar-refractivity contribution in [3.05, 3.63) is 60.4 Å². The monoisotopic (exact) mass is 324 g/mol. The fraction of sp³-hybridized carbons (Fsp3) is 0.111. The molecule has 0 fully saturated rings. The summed E-state index contributed by atoms with van der Waals surface area (Å²) in [6.45, 7) is 0. The summed E-state index contributed by atoms with van der Waals surface area (Å²) in [5.74, 6) is 0.490. The van der Waals surface area contributed by atoms with E-state index in [0.717, 1.165) is 11.4 Å². The number of phenols is 1. The SMILES string of the molecule is Nc1cc(N)c(NC2C=CC=C(O)C2)cc1Nc1cccc(O)c1. The van der Waals surface area contributed by atoms with Gasteiger partial charge in [0.1, 0.15) is 5.75 Å². The fourth-order valence-electron chi connectivity index (χ4n) is 2.57. The van der Waals surface area contributed by atoms with Crippen LogP contribution in [0.2, 0.25) is 0 Å². The van der Waals surface area contributed by atoms with Crippen molar-refractivity contribution in [3.8, 4) is 5.75 Å². The summed E-state index contributed by atoms with van der Waals surface area (Å²) in [5, 5.41) is 25.6. The number of anilines is 5. The first-order valence-electron chi connectivity index (χ1n) is 7.59. The zero-order valence-electron chi connectivity index (χ0n) is 13.0. The van der Waals surface area contributed by atoms with E-state index in [4.69, 9.17) is 11.5 Å². The smallest absolute Gasteiger partial charge is 0.117 e. The van der Waals surface area contributed by atoms with Crippen LogP contribution in [0.5, 0.6) is 5.75 Å². The number of nitrogens with one attached hydrogen (secondary N) is 2. The third kappa shape index (κ3) is 3.55. The number of phenolic OH excluding ortho intramolecular Hbond substituents is 1. The Morgan fingerprint density at radius 2 is 1.79 bits per heavy atom. The lowest BCUT2D eigenvalue weighted by Gasteiger charge is -2.21. The minimum atomic E-state index is -0.0467. The minimum absolute atomic E-state index is 0.0467. The number of benzene rings is 2. The second kappa shape index (κ2) is 6.45. The molecule has 0 bridgehead atoms. The second-order valence-corrected chi connectivity index (χ2v) is 5.70. The minimum Gasteiger partial charge on any atom is -0.512 e. The van der Waals surface area contributed by atoms with Crippen LogP contribution in [0.3, 0.4) is 0 Å². The highest BCUT2D eigenvalue weighted by atomic mass is 16.3. The van der Waals surface area contributed by atoms with Crippen LogP contribution in [0, 0.1) is 0 Å². The van der Waals surface area contributed by atoms with Gasteiger partial charge in [-0.05, 0) is 30.3 Å². The average molecular weight is 324 g/mol. The van der Waals surface area contributed by atoms with Gasteiger partial charge in [-0.1, -0.05) is 18.2 Å². The predicted octanol–water partition coefficient (Wildman–Crippen LogP) is 3.48. The van der Waals surface area contributed by atoms with Crippen molar-refractivity contribution >= 4 is 28.4 Å². The van der Waals surface area contributed by atoms with Crippen LogP contribution >= 0.6 is 0 Å². The third-order valence-electron chi connectivity index (χ3n) is 3.75. The predicted molar refractivity (Wildman–Crippen MR) is 98.5 cm³/mol. The molecule has 0 spiro atoms. The summed E-state index contributed by atoms with van der Waals surface area (Å²) in [6.07, 6.45) is 5.92. The van der Waals surface area contributed by atoms with E-state index >= 15 is 0 Å². The van der Waals surface area contributed by atoms with Crippen molar-refractivity contribution in [3.63, 3.8) is 0 Å². The fourth-order valence-corrected chi connectivity index (χ4v) is 2.57. The normalized spacial score (nSPS) is 16.5. The number of nitrogen functional groups attached to an aromatic ring is 2. The maximum Gasteiger partial charge on any atom is 0.117 e. The van der Waals surface area contributed by atoms with E-state index in [2.05, 4.69) is 10.6 Å². The molecule has 124 valence electrons. The summed E-state index contributed by atoms with van der Waals surface area (Å²) >= 11 is 0. The maximum atomic E-state index is 9.63. The van der Waals surface area contributed by atoms with Gasteiger partial charge in [-0.2, -0.15) is 0 Å². The van der Waals surface area contributed by atoms with E-state index in [0.29, 0.717) is 29.2 Å². The van der Waals surface area contributed by atoms with E-state index in [-0.39, 0.29) is 11.8 Å².